The Morgan fingerprint density at radius 1 is 1.11 bits per heavy atom. The summed E-state index contributed by atoms with van der Waals surface area (Å²) in [6, 6.07) is 16.1. The zero-order chi connectivity index (χ0) is 24.5. The Labute approximate surface area is 201 Å². The first-order chi connectivity index (χ1) is 16.9. The van der Waals surface area contributed by atoms with Crippen molar-refractivity contribution >= 4 is 23.7 Å². The van der Waals surface area contributed by atoms with Gasteiger partial charge in [0.2, 0.25) is 0 Å². The highest BCUT2D eigenvalue weighted by molar-refractivity contribution is 6.01. The van der Waals surface area contributed by atoms with Gasteiger partial charge in [0.25, 0.3) is 5.91 Å². The fraction of sp³-hybridized carbons (Fsp3) is 0.280. The number of aryl methyl sites for hydroxylation is 1. The monoisotopic (exact) mass is 476 g/mol. The maximum atomic E-state index is 13.0. The molecule has 1 aliphatic carbocycles. The second-order valence-electron chi connectivity index (χ2n) is 8.46. The molecular weight excluding hydrogens is 452 g/mol. The molecule has 1 atom stereocenters. The van der Waals surface area contributed by atoms with Gasteiger partial charge in [0.05, 0.1) is 18.8 Å². The van der Waals surface area contributed by atoms with Crippen molar-refractivity contribution in [3.05, 3.63) is 71.5 Å². The van der Waals surface area contributed by atoms with Crippen LogP contribution in [-0.2, 0) is 21.3 Å². The van der Waals surface area contributed by atoms with Gasteiger partial charge >= 0.3 is 12.1 Å². The largest absolute Gasteiger partial charge is 0.479 e. The zero-order valence-corrected chi connectivity index (χ0v) is 19.0. The number of hydrogen-bond acceptors (Lipinski definition) is 6. The van der Waals surface area contributed by atoms with Crippen LogP contribution in [0.15, 0.2) is 54.7 Å². The van der Waals surface area contributed by atoms with Gasteiger partial charge in [-0.3, -0.25) is 14.8 Å². The molecule has 35 heavy (non-hydrogen) atoms. The summed E-state index contributed by atoms with van der Waals surface area (Å²) in [5.41, 5.74) is 4.64. The second kappa shape index (κ2) is 9.22. The molecule has 2 aromatic carbocycles. The van der Waals surface area contributed by atoms with Gasteiger partial charge in [0, 0.05) is 25.7 Å². The molecule has 2 amide bonds. The molecule has 2 N–H and O–H groups in total. The van der Waals surface area contributed by atoms with Gasteiger partial charge in [0.15, 0.2) is 11.8 Å². The number of nitrogens with zero attached hydrogens (tertiary/aromatic N) is 3. The smallest absolute Gasteiger partial charge is 0.411 e. The van der Waals surface area contributed by atoms with Crippen LogP contribution in [0.2, 0.25) is 0 Å². The van der Waals surface area contributed by atoms with Crippen molar-refractivity contribution in [2.24, 2.45) is 7.05 Å². The van der Waals surface area contributed by atoms with Crippen LogP contribution >= 0.6 is 0 Å². The molecule has 1 aliphatic heterocycles. The zero-order valence-electron chi connectivity index (χ0n) is 19.0. The summed E-state index contributed by atoms with van der Waals surface area (Å²) in [5.74, 6) is -1.72. The highest BCUT2D eigenvalue weighted by Gasteiger charge is 2.33. The first-order valence-electron chi connectivity index (χ1n) is 11.2. The summed E-state index contributed by atoms with van der Waals surface area (Å²) in [6.07, 6.45) is -0.307. The van der Waals surface area contributed by atoms with E-state index in [-0.39, 0.29) is 43.6 Å². The number of carbonyl (C=O) groups is 3. The van der Waals surface area contributed by atoms with Crippen molar-refractivity contribution in [3.63, 3.8) is 0 Å². The summed E-state index contributed by atoms with van der Waals surface area (Å²) in [6.45, 7) is 0.358. The van der Waals surface area contributed by atoms with Crippen LogP contribution in [-0.4, -0.2) is 70.2 Å². The Morgan fingerprint density at radius 2 is 1.77 bits per heavy atom. The molecule has 0 radical (unpaired) electrons. The van der Waals surface area contributed by atoms with Gasteiger partial charge in [-0.2, -0.15) is 5.10 Å². The molecule has 0 spiro atoms. The molecule has 0 bridgehead atoms. The molecule has 1 fully saturated rings. The number of fused-ring (bicyclic) bond motifs is 3. The van der Waals surface area contributed by atoms with E-state index in [1.54, 1.807) is 7.05 Å². The summed E-state index contributed by atoms with van der Waals surface area (Å²) >= 11 is 0. The van der Waals surface area contributed by atoms with E-state index < -0.39 is 24.1 Å². The van der Waals surface area contributed by atoms with Gasteiger partial charge < -0.3 is 19.5 Å². The molecule has 0 saturated carbocycles. The minimum absolute atomic E-state index is 0.00652. The third-order valence-electron chi connectivity index (χ3n) is 6.24. The summed E-state index contributed by atoms with van der Waals surface area (Å²) in [4.78, 5) is 38.3. The number of amides is 2. The SMILES string of the molecule is Cn1cc(NC(=O)OCC2c3ccccc3-c3ccccc32)c(C(=O)N2CCOC(C(=O)O)C2)n1. The van der Waals surface area contributed by atoms with Crippen molar-refractivity contribution in [1.29, 1.82) is 0 Å². The fourth-order valence-corrected chi connectivity index (χ4v) is 4.62. The lowest BCUT2D eigenvalue weighted by Gasteiger charge is -2.30. The van der Waals surface area contributed by atoms with Gasteiger partial charge in [-0.05, 0) is 22.3 Å². The lowest BCUT2D eigenvalue weighted by molar-refractivity contribution is -0.154. The van der Waals surface area contributed by atoms with Crippen molar-refractivity contribution in [2.75, 3.05) is 31.6 Å². The second-order valence-corrected chi connectivity index (χ2v) is 8.46. The molecule has 10 heteroatoms. The number of carboxylic acids is 1. The Kier molecular flexibility index (Phi) is 5.96. The molecule has 1 unspecified atom stereocenters. The van der Waals surface area contributed by atoms with E-state index in [2.05, 4.69) is 22.5 Å². The normalized spacial score (nSPS) is 16.9. The molecule has 2 aliphatic rings. The van der Waals surface area contributed by atoms with Crippen molar-refractivity contribution in [3.8, 4) is 11.1 Å². The summed E-state index contributed by atoms with van der Waals surface area (Å²) < 4.78 is 12.2. The molecule has 10 nitrogen and oxygen atoms in total. The molecule has 5 rings (SSSR count). The molecule has 3 aromatic rings. The number of anilines is 1. The molecule has 180 valence electrons. The Hall–Kier alpha value is -4.18. The molecule has 1 aromatic heterocycles. The van der Waals surface area contributed by atoms with Crippen LogP contribution in [0.4, 0.5) is 10.5 Å². The number of carbonyl (C=O) groups excluding carboxylic acids is 2. The van der Waals surface area contributed by atoms with Gasteiger partial charge in [-0.15, -0.1) is 0 Å². The van der Waals surface area contributed by atoms with Crippen molar-refractivity contribution < 1.29 is 29.0 Å². The number of aromatic nitrogens is 2. The summed E-state index contributed by atoms with van der Waals surface area (Å²) in [7, 11) is 1.62. The predicted molar refractivity (Wildman–Crippen MR) is 125 cm³/mol. The van der Waals surface area contributed by atoms with Crippen LogP contribution in [0.3, 0.4) is 0 Å². The van der Waals surface area contributed by atoms with E-state index in [1.807, 2.05) is 36.4 Å². The van der Waals surface area contributed by atoms with E-state index in [0.717, 1.165) is 22.3 Å². The number of morpholine rings is 1. The van der Waals surface area contributed by atoms with E-state index >= 15 is 0 Å². The number of rotatable bonds is 5. The molecule has 1 saturated heterocycles. The van der Waals surface area contributed by atoms with Crippen LogP contribution < -0.4 is 5.32 Å². The first-order valence-corrected chi connectivity index (χ1v) is 11.2. The highest BCUT2D eigenvalue weighted by Crippen LogP contribution is 2.44. The number of carboxylic acid groups (broad SMARTS) is 1. The van der Waals surface area contributed by atoms with E-state index in [0.29, 0.717) is 0 Å². The number of ether oxygens (including phenoxy) is 2. The van der Waals surface area contributed by atoms with E-state index in [4.69, 9.17) is 9.47 Å². The fourth-order valence-electron chi connectivity index (χ4n) is 4.62. The quantitative estimate of drug-likeness (QED) is 0.580. The van der Waals surface area contributed by atoms with Crippen molar-refractivity contribution in [2.45, 2.75) is 12.0 Å². The number of aliphatic carboxylic acids is 1. The number of hydrogen-bond donors (Lipinski definition) is 2. The maximum absolute atomic E-state index is 13.0. The van der Waals surface area contributed by atoms with Gasteiger partial charge in [-0.1, -0.05) is 48.5 Å². The van der Waals surface area contributed by atoms with Crippen LogP contribution in [0, 0.1) is 0 Å². The highest BCUT2D eigenvalue weighted by atomic mass is 16.5. The third kappa shape index (κ3) is 4.35. The minimum atomic E-state index is -1.14. The van der Waals surface area contributed by atoms with E-state index in [9.17, 15) is 19.5 Å². The average Bonchev–Trinajstić information content (AvgIpc) is 3.39. The Bertz CT molecular complexity index is 1260. The van der Waals surface area contributed by atoms with Gasteiger partial charge in [-0.25, -0.2) is 9.59 Å². The topological polar surface area (TPSA) is 123 Å². The van der Waals surface area contributed by atoms with Crippen LogP contribution in [0.25, 0.3) is 11.1 Å². The van der Waals surface area contributed by atoms with Crippen molar-refractivity contribution in [1.82, 2.24) is 14.7 Å². The third-order valence-corrected chi connectivity index (χ3v) is 6.24. The summed E-state index contributed by atoms with van der Waals surface area (Å²) in [5, 5.41) is 16.0. The predicted octanol–water partition coefficient (Wildman–Crippen LogP) is 2.71. The standard InChI is InChI=1S/C25H24N4O6/c1-28-12-20(22(27-28)23(30)29-10-11-34-21(13-29)24(31)32)26-25(33)35-14-19-17-8-4-2-6-15(17)16-7-3-5-9-18(16)19/h2-9,12,19,21H,10-11,13-14H2,1H3,(H,26,33)(H,31,32). The van der Waals surface area contributed by atoms with Crippen LogP contribution in [0.1, 0.15) is 27.5 Å². The van der Waals surface area contributed by atoms with Gasteiger partial charge in [0.1, 0.15) is 6.61 Å². The minimum Gasteiger partial charge on any atom is -0.479 e. The number of nitrogens with one attached hydrogen (secondary N) is 1. The Balaban J connectivity index is 1.28. The molecular formula is C25H24N4O6. The first kappa shape index (κ1) is 22.6. The van der Waals surface area contributed by atoms with E-state index in [1.165, 1.54) is 15.8 Å². The lowest BCUT2D eigenvalue weighted by Crippen LogP contribution is -2.48. The average molecular weight is 476 g/mol. The van der Waals surface area contributed by atoms with Crippen LogP contribution in [0.5, 0.6) is 0 Å². The molecule has 2 heterocycles. The number of benzene rings is 2. The Morgan fingerprint density at radius 3 is 2.43 bits per heavy atom. The lowest BCUT2D eigenvalue weighted by atomic mass is 9.98. The maximum Gasteiger partial charge on any atom is 0.411 e.